The zero-order valence-electron chi connectivity index (χ0n) is 12.9. The van der Waals surface area contributed by atoms with Crippen LogP contribution in [0.1, 0.15) is 5.69 Å². The van der Waals surface area contributed by atoms with Crippen molar-refractivity contribution in [1.82, 2.24) is 19.9 Å². The van der Waals surface area contributed by atoms with Gasteiger partial charge in [0.05, 0.1) is 7.11 Å². The Morgan fingerprint density at radius 2 is 1.75 bits per heavy atom. The molecular weight excluding hydrogens is 325 g/mol. The van der Waals surface area contributed by atoms with Crippen molar-refractivity contribution in [3.63, 3.8) is 0 Å². The molecule has 0 unspecified atom stereocenters. The number of alkyl halides is 3. The lowest BCUT2D eigenvalue weighted by Crippen LogP contribution is -2.47. The van der Waals surface area contributed by atoms with E-state index in [1.54, 1.807) is 17.2 Å². The van der Waals surface area contributed by atoms with Crippen LogP contribution in [0.4, 0.5) is 24.9 Å². The highest BCUT2D eigenvalue weighted by atomic mass is 19.4. The standard InChI is InChI=1S/C14H15F3N6O/c1-24-12-2-3-18-13(21-12)23-6-4-22(5-7-23)11-8-10(14(15,16)17)19-9-20-11/h2-3,8-9H,4-7H2,1H3. The number of piperazine rings is 1. The van der Waals surface area contributed by atoms with Crippen molar-refractivity contribution < 1.29 is 17.9 Å². The molecule has 24 heavy (non-hydrogen) atoms. The van der Waals surface area contributed by atoms with Crippen LogP contribution in [0.25, 0.3) is 0 Å². The summed E-state index contributed by atoms with van der Waals surface area (Å²) in [6.45, 7) is 2.15. The second-order valence-electron chi connectivity index (χ2n) is 5.13. The Kier molecular flexibility index (Phi) is 4.36. The third-order valence-electron chi connectivity index (χ3n) is 3.66. The maximum absolute atomic E-state index is 12.7. The molecule has 2 aromatic heterocycles. The Hall–Kier alpha value is -2.65. The molecule has 1 aliphatic rings. The Bertz CT molecular complexity index is 703. The molecule has 1 fully saturated rings. The first-order chi connectivity index (χ1) is 11.5. The fraction of sp³-hybridized carbons (Fsp3) is 0.429. The molecule has 1 saturated heterocycles. The van der Waals surface area contributed by atoms with E-state index in [0.29, 0.717) is 38.0 Å². The van der Waals surface area contributed by atoms with E-state index in [9.17, 15) is 13.2 Å². The minimum Gasteiger partial charge on any atom is -0.481 e. The summed E-state index contributed by atoms with van der Waals surface area (Å²) in [6.07, 6.45) is -1.93. The van der Waals surface area contributed by atoms with Gasteiger partial charge < -0.3 is 14.5 Å². The number of ether oxygens (including phenoxy) is 1. The molecule has 0 saturated carbocycles. The number of methoxy groups -OCH3 is 1. The van der Waals surface area contributed by atoms with E-state index >= 15 is 0 Å². The largest absolute Gasteiger partial charge is 0.481 e. The second-order valence-corrected chi connectivity index (χ2v) is 5.13. The van der Waals surface area contributed by atoms with Crippen LogP contribution in [-0.2, 0) is 6.18 Å². The van der Waals surface area contributed by atoms with E-state index in [1.165, 1.54) is 7.11 Å². The van der Waals surface area contributed by atoms with E-state index in [1.807, 2.05) is 4.90 Å². The summed E-state index contributed by atoms with van der Waals surface area (Å²) in [7, 11) is 1.53. The predicted octanol–water partition coefficient (Wildman–Crippen LogP) is 1.62. The maximum Gasteiger partial charge on any atom is 0.433 e. The van der Waals surface area contributed by atoms with Gasteiger partial charge >= 0.3 is 6.18 Å². The zero-order valence-corrected chi connectivity index (χ0v) is 12.9. The summed E-state index contributed by atoms with van der Waals surface area (Å²) >= 11 is 0. The first-order valence-electron chi connectivity index (χ1n) is 7.23. The Morgan fingerprint density at radius 3 is 2.42 bits per heavy atom. The molecule has 3 heterocycles. The third-order valence-corrected chi connectivity index (χ3v) is 3.66. The molecule has 0 aliphatic carbocycles. The van der Waals surface area contributed by atoms with Gasteiger partial charge in [-0.05, 0) is 0 Å². The van der Waals surface area contributed by atoms with Gasteiger partial charge in [-0.1, -0.05) is 0 Å². The molecule has 0 amide bonds. The van der Waals surface area contributed by atoms with Crippen molar-refractivity contribution in [2.24, 2.45) is 0 Å². The van der Waals surface area contributed by atoms with Gasteiger partial charge in [-0.15, -0.1) is 0 Å². The quantitative estimate of drug-likeness (QED) is 0.841. The van der Waals surface area contributed by atoms with Crippen LogP contribution in [0.15, 0.2) is 24.7 Å². The van der Waals surface area contributed by atoms with Crippen molar-refractivity contribution in [2.75, 3.05) is 43.1 Å². The van der Waals surface area contributed by atoms with Gasteiger partial charge in [0.15, 0.2) is 0 Å². The number of hydrogen-bond donors (Lipinski definition) is 0. The summed E-state index contributed by atoms with van der Waals surface area (Å²) in [5.74, 6) is 1.27. The van der Waals surface area contributed by atoms with Gasteiger partial charge in [-0.25, -0.2) is 15.0 Å². The first kappa shape index (κ1) is 16.2. The Morgan fingerprint density at radius 1 is 1.04 bits per heavy atom. The van der Waals surface area contributed by atoms with Crippen molar-refractivity contribution in [3.8, 4) is 5.88 Å². The lowest BCUT2D eigenvalue weighted by molar-refractivity contribution is -0.141. The number of anilines is 2. The summed E-state index contributed by atoms with van der Waals surface area (Å²) in [5.41, 5.74) is -0.939. The predicted molar refractivity (Wildman–Crippen MR) is 80.0 cm³/mol. The van der Waals surface area contributed by atoms with E-state index in [4.69, 9.17) is 4.74 Å². The molecule has 0 bridgehead atoms. The summed E-state index contributed by atoms with van der Waals surface area (Å²) in [5, 5.41) is 0. The Balaban J connectivity index is 1.69. The van der Waals surface area contributed by atoms with Crippen molar-refractivity contribution in [3.05, 3.63) is 30.4 Å². The Labute approximate surface area is 136 Å². The summed E-state index contributed by atoms with van der Waals surface area (Å²) in [4.78, 5) is 19.4. The minimum absolute atomic E-state index is 0.267. The van der Waals surface area contributed by atoms with Gasteiger partial charge in [-0.2, -0.15) is 18.2 Å². The smallest absolute Gasteiger partial charge is 0.433 e. The minimum atomic E-state index is -4.48. The van der Waals surface area contributed by atoms with Gasteiger partial charge in [0.25, 0.3) is 0 Å². The monoisotopic (exact) mass is 340 g/mol. The van der Waals surface area contributed by atoms with Crippen LogP contribution in [0, 0.1) is 0 Å². The highest BCUT2D eigenvalue weighted by molar-refractivity contribution is 5.43. The molecule has 0 radical (unpaired) electrons. The fourth-order valence-corrected chi connectivity index (χ4v) is 2.41. The summed E-state index contributed by atoms with van der Waals surface area (Å²) < 4.78 is 43.3. The molecule has 7 nitrogen and oxygen atoms in total. The van der Waals surface area contributed by atoms with Crippen molar-refractivity contribution >= 4 is 11.8 Å². The van der Waals surface area contributed by atoms with Crippen molar-refractivity contribution in [1.29, 1.82) is 0 Å². The average molecular weight is 340 g/mol. The SMILES string of the molecule is COc1ccnc(N2CCN(c3cc(C(F)(F)F)ncn3)CC2)n1. The van der Waals surface area contributed by atoms with Gasteiger partial charge in [0.1, 0.15) is 17.8 Å². The molecule has 0 spiro atoms. The van der Waals surface area contributed by atoms with E-state index in [0.717, 1.165) is 12.4 Å². The number of halogens is 3. The number of rotatable bonds is 3. The van der Waals surface area contributed by atoms with Crippen LogP contribution >= 0.6 is 0 Å². The van der Waals surface area contributed by atoms with Crippen LogP contribution < -0.4 is 14.5 Å². The van der Waals surface area contributed by atoms with Crippen LogP contribution in [0.3, 0.4) is 0 Å². The van der Waals surface area contributed by atoms with Gasteiger partial charge in [-0.3, -0.25) is 0 Å². The molecule has 3 rings (SSSR count). The maximum atomic E-state index is 12.7. The summed E-state index contributed by atoms with van der Waals surface area (Å²) in [6, 6.07) is 2.62. The van der Waals surface area contributed by atoms with E-state index in [-0.39, 0.29) is 5.82 Å². The molecule has 128 valence electrons. The van der Waals surface area contributed by atoms with Crippen LogP contribution in [0.2, 0.25) is 0 Å². The van der Waals surface area contributed by atoms with Gasteiger partial charge in [0.2, 0.25) is 11.8 Å². The van der Waals surface area contributed by atoms with Crippen molar-refractivity contribution in [2.45, 2.75) is 6.18 Å². The second kappa shape index (κ2) is 6.46. The number of aromatic nitrogens is 4. The zero-order chi connectivity index (χ0) is 17.2. The highest BCUT2D eigenvalue weighted by Crippen LogP contribution is 2.29. The van der Waals surface area contributed by atoms with E-state index < -0.39 is 11.9 Å². The highest BCUT2D eigenvalue weighted by Gasteiger charge is 2.33. The lowest BCUT2D eigenvalue weighted by Gasteiger charge is -2.35. The number of nitrogens with zero attached hydrogens (tertiary/aromatic N) is 6. The fourth-order valence-electron chi connectivity index (χ4n) is 2.41. The molecule has 2 aromatic rings. The first-order valence-corrected chi connectivity index (χ1v) is 7.23. The van der Waals surface area contributed by atoms with Crippen LogP contribution in [-0.4, -0.2) is 53.2 Å². The third kappa shape index (κ3) is 3.47. The molecule has 1 aliphatic heterocycles. The molecule has 0 atom stereocenters. The van der Waals surface area contributed by atoms with Crippen LogP contribution in [0.5, 0.6) is 5.88 Å². The number of hydrogen-bond acceptors (Lipinski definition) is 7. The average Bonchev–Trinajstić information content (AvgIpc) is 2.61. The lowest BCUT2D eigenvalue weighted by atomic mass is 10.3. The molecule has 0 N–H and O–H groups in total. The van der Waals surface area contributed by atoms with Gasteiger partial charge in [0, 0.05) is 44.5 Å². The van der Waals surface area contributed by atoms with E-state index in [2.05, 4.69) is 19.9 Å². The topological polar surface area (TPSA) is 67.3 Å². The molecular formula is C14H15F3N6O. The molecule has 10 heteroatoms. The normalized spacial score (nSPS) is 15.5. The molecule has 0 aromatic carbocycles.